The zero-order valence-electron chi connectivity index (χ0n) is 16.2. The van der Waals surface area contributed by atoms with E-state index < -0.39 is 0 Å². The first kappa shape index (κ1) is 18.7. The number of hydrogen-bond acceptors (Lipinski definition) is 5. The predicted octanol–water partition coefficient (Wildman–Crippen LogP) is 2.81. The molecule has 150 valence electrons. The van der Waals surface area contributed by atoms with Gasteiger partial charge in [0.25, 0.3) is 0 Å². The molecule has 1 aliphatic heterocycles. The van der Waals surface area contributed by atoms with Crippen LogP contribution in [0.15, 0.2) is 46.0 Å². The van der Waals surface area contributed by atoms with Crippen molar-refractivity contribution in [2.24, 2.45) is 4.99 Å². The number of benzene rings is 1. The second kappa shape index (κ2) is 8.56. The van der Waals surface area contributed by atoms with Gasteiger partial charge in [0, 0.05) is 32.2 Å². The fraction of sp³-hybridized carbons (Fsp3) is 0.476. The Bertz CT molecular complexity index is 800. The van der Waals surface area contributed by atoms with Gasteiger partial charge in [-0.1, -0.05) is 6.07 Å². The Hall–Kier alpha value is -2.67. The number of ether oxygens (including phenoxy) is 3. The maximum Gasteiger partial charge on any atom is 0.231 e. The van der Waals surface area contributed by atoms with Gasteiger partial charge in [0.1, 0.15) is 12.4 Å². The maximum absolute atomic E-state index is 5.60. The van der Waals surface area contributed by atoms with Crippen LogP contribution in [0.3, 0.4) is 0 Å². The Kier molecular flexibility index (Phi) is 5.71. The fourth-order valence-corrected chi connectivity index (χ4v) is 3.37. The van der Waals surface area contributed by atoms with Crippen molar-refractivity contribution in [3.8, 4) is 11.5 Å². The number of guanidine groups is 1. The third-order valence-corrected chi connectivity index (χ3v) is 5.24. The monoisotopic (exact) mass is 385 g/mol. The van der Waals surface area contributed by atoms with E-state index in [4.69, 9.17) is 18.6 Å². The number of nitrogens with one attached hydrogen (secondary N) is 2. The molecule has 0 unspecified atom stereocenters. The highest BCUT2D eigenvalue weighted by Gasteiger charge is 2.44. The quantitative estimate of drug-likeness (QED) is 0.393. The third-order valence-electron chi connectivity index (χ3n) is 5.24. The van der Waals surface area contributed by atoms with Crippen LogP contribution in [0.2, 0.25) is 0 Å². The van der Waals surface area contributed by atoms with Crippen molar-refractivity contribution in [2.45, 2.75) is 31.3 Å². The van der Waals surface area contributed by atoms with E-state index in [9.17, 15) is 0 Å². The lowest BCUT2D eigenvalue weighted by Gasteiger charge is -2.19. The third kappa shape index (κ3) is 4.42. The summed E-state index contributed by atoms with van der Waals surface area (Å²) in [5.74, 6) is 3.35. The molecule has 0 atom stereocenters. The second-order valence-corrected chi connectivity index (χ2v) is 7.19. The summed E-state index contributed by atoms with van der Waals surface area (Å²) in [5.41, 5.74) is 1.45. The zero-order valence-corrected chi connectivity index (χ0v) is 16.2. The summed E-state index contributed by atoms with van der Waals surface area (Å²) in [6, 6.07) is 10.1. The SMILES string of the molecule is CN=C(NCCCOCc1ccco1)NCC1(c2ccc3c(c2)OCO3)CC1. The van der Waals surface area contributed by atoms with E-state index in [-0.39, 0.29) is 5.41 Å². The summed E-state index contributed by atoms with van der Waals surface area (Å²) >= 11 is 0. The van der Waals surface area contributed by atoms with Crippen LogP contribution in [0, 0.1) is 0 Å². The van der Waals surface area contributed by atoms with Gasteiger partial charge in [-0.15, -0.1) is 0 Å². The van der Waals surface area contributed by atoms with Crippen molar-refractivity contribution in [3.05, 3.63) is 47.9 Å². The van der Waals surface area contributed by atoms with Crippen molar-refractivity contribution >= 4 is 5.96 Å². The van der Waals surface area contributed by atoms with Crippen molar-refractivity contribution in [3.63, 3.8) is 0 Å². The van der Waals surface area contributed by atoms with Crippen LogP contribution in [0.5, 0.6) is 11.5 Å². The molecule has 1 aromatic carbocycles. The average molecular weight is 385 g/mol. The summed E-state index contributed by atoms with van der Waals surface area (Å²) in [5, 5.41) is 6.81. The van der Waals surface area contributed by atoms with Crippen molar-refractivity contribution in [1.29, 1.82) is 0 Å². The molecule has 4 rings (SSSR count). The maximum atomic E-state index is 5.60. The molecule has 0 radical (unpaired) electrons. The highest BCUT2D eigenvalue weighted by Crippen LogP contribution is 2.49. The van der Waals surface area contributed by atoms with Gasteiger partial charge >= 0.3 is 0 Å². The van der Waals surface area contributed by atoms with E-state index in [0.29, 0.717) is 20.0 Å². The number of aliphatic imine (C=N–C) groups is 1. The highest BCUT2D eigenvalue weighted by molar-refractivity contribution is 5.79. The van der Waals surface area contributed by atoms with Gasteiger partial charge in [-0.2, -0.15) is 0 Å². The Morgan fingerprint density at radius 1 is 1.18 bits per heavy atom. The minimum absolute atomic E-state index is 0.157. The van der Waals surface area contributed by atoms with Crippen molar-refractivity contribution in [2.75, 3.05) is 33.5 Å². The lowest BCUT2D eigenvalue weighted by molar-refractivity contribution is 0.105. The van der Waals surface area contributed by atoms with Gasteiger partial charge in [-0.25, -0.2) is 0 Å². The van der Waals surface area contributed by atoms with Crippen LogP contribution in [-0.2, 0) is 16.8 Å². The Morgan fingerprint density at radius 2 is 2.07 bits per heavy atom. The molecule has 2 heterocycles. The highest BCUT2D eigenvalue weighted by atomic mass is 16.7. The number of hydrogen-bond donors (Lipinski definition) is 2. The van der Waals surface area contributed by atoms with Gasteiger partial charge in [-0.05, 0) is 49.1 Å². The molecule has 7 nitrogen and oxygen atoms in total. The minimum Gasteiger partial charge on any atom is -0.467 e. The topological polar surface area (TPSA) is 77.3 Å². The Labute approximate surface area is 165 Å². The molecule has 28 heavy (non-hydrogen) atoms. The largest absolute Gasteiger partial charge is 0.467 e. The molecule has 1 saturated carbocycles. The summed E-state index contributed by atoms with van der Waals surface area (Å²) in [7, 11) is 1.79. The van der Waals surface area contributed by atoms with Crippen molar-refractivity contribution < 1.29 is 18.6 Å². The van der Waals surface area contributed by atoms with E-state index >= 15 is 0 Å². The fourth-order valence-electron chi connectivity index (χ4n) is 3.37. The molecular formula is C21H27N3O4. The Morgan fingerprint density at radius 3 is 2.86 bits per heavy atom. The van der Waals surface area contributed by atoms with Crippen LogP contribution in [0.1, 0.15) is 30.6 Å². The molecule has 1 fully saturated rings. The second-order valence-electron chi connectivity index (χ2n) is 7.19. The first-order chi connectivity index (χ1) is 13.8. The van der Waals surface area contributed by atoms with Crippen LogP contribution in [0.25, 0.3) is 0 Å². The van der Waals surface area contributed by atoms with Crippen LogP contribution in [0.4, 0.5) is 0 Å². The molecule has 0 bridgehead atoms. The molecule has 1 aliphatic carbocycles. The van der Waals surface area contributed by atoms with E-state index in [1.54, 1.807) is 13.3 Å². The summed E-state index contributed by atoms with van der Waals surface area (Å²) in [6.07, 6.45) is 4.88. The first-order valence-corrected chi connectivity index (χ1v) is 9.74. The molecule has 1 aromatic heterocycles. The van der Waals surface area contributed by atoms with Gasteiger partial charge in [0.2, 0.25) is 6.79 Å². The van der Waals surface area contributed by atoms with Gasteiger partial charge < -0.3 is 29.3 Å². The molecular weight excluding hydrogens is 358 g/mol. The van der Waals surface area contributed by atoms with Gasteiger partial charge in [0.15, 0.2) is 17.5 Å². The predicted molar refractivity (Wildman–Crippen MR) is 106 cm³/mol. The summed E-state index contributed by atoms with van der Waals surface area (Å²) in [6.45, 7) is 3.14. The Balaban J connectivity index is 1.18. The minimum atomic E-state index is 0.157. The van der Waals surface area contributed by atoms with Crippen LogP contribution in [-0.4, -0.2) is 39.5 Å². The van der Waals surface area contributed by atoms with Crippen LogP contribution >= 0.6 is 0 Å². The van der Waals surface area contributed by atoms with Gasteiger partial charge in [0.05, 0.1) is 6.26 Å². The molecule has 7 heteroatoms. The zero-order chi connectivity index (χ0) is 19.2. The number of nitrogens with zero attached hydrogens (tertiary/aromatic N) is 1. The molecule has 0 spiro atoms. The standard InChI is InChI=1S/C21H27N3O4/c1-22-20(23-9-3-10-25-13-17-4-2-11-26-17)24-14-21(7-8-21)16-5-6-18-19(12-16)28-15-27-18/h2,4-6,11-12H,3,7-10,13-15H2,1H3,(H2,22,23,24). The van der Waals surface area contributed by atoms with E-state index in [1.807, 2.05) is 18.2 Å². The summed E-state index contributed by atoms with van der Waals surface area (Å²) < 4.78 is 21.8. The van der Waals surface area contributed by atoms with Crippen LogP contribution < -0.4 is 20.1 Å². The molecule has 2 aliphatic rings. The lowest BCUT2D eigenvalue weighted by Crippen LogP contribution is -2.41. The van der Waals surface area contributed by atoms with Gasteiger partial charge in [-0.3, -0.25) is 4.99 Å². The van der Waals surface area contributed by atoms with E-state index in [2.05, 4.69) is 27.8 Å². The number of rotatable bonds is 9. The normalized spacial score (nSPS) is 16.8. The number of fused-ring (bicyclic) bond motifs is 1. The van der Waals surface area contributed by atoms with E-state index in [1.165, 1.54) is 5.56 Å². The average Bonchev–Trinajstić information content (AvgIpc) is 3.11. The number of furan rings is 1. The molecule has 2 aromatic rings. The van der Waals surface area contributed by atoms with E-state index in [0.717, 1.165) is 55.6 Å². The summed E-state index contributed by atoms with van der Waals surface area (Å²) in [4.78, 5) is 4.32. The smallest absolute Gasteiger partial charge is 0.231 e. The lowest BCUT2D eigenvalue weighted by atomic mass is 9.95. The molecule has 2 N–H and O–H groups in total. The van der Waals surface area contributed by atoms with Crippen molar-refractivity contribution in [1.82, 2.24) is 10.6 Å². The molecule has 0 saturated heterocycles. The molecule has 0 amide bonds. The first-order valence-electron chi connectivity index (χ1n) is 9.74.